The number of carbonyl (C=O) groups excluding carboxylic acids is 1. The van der Waals surface area contributed by atoms with Gasteiger partial charge in [-0.2, -0.15) is 0 Å². The Hall–Kier alpha value is -1.77. The summed E-state index contributed by atoms with van der Waals surface area (Å²) in [7, 11) is 0. The van der Waals surface area contributed by atoms with Crippen LogP contribution in [0.4, 0.5) is 5.69 Å². The van der Waals surface area contributed by atoms with E-state index in [9.17, 15) is 4.79 Å². The largest absolute Gasteiger partial charge is 0.491 e. The lowest BCUT2D eigenvalue weighted by atomic mass is 10.1. The Labute approximate surface area is 187 Å². The highest BCUT2D eigenvalue weighted by atomic mass is 79.9. The van der Waals surface area contributed by atoms with Gasteiger partial charge in [0.15, 0.2) is 5.17 Å². The molecule has 9 heteroatoms. The second-order valence-electron chi connectivity index (χ2n) is 6.58. The summed E-state index contributed by atoms with van der Waals surface area (Å²) in [5, 5.41) is 4.09. The smallest absolute Gasteiger partial charge is 0.270 e. The fourth-order valence-corrected chi connectivity index (χ4v) is 4.07. The number of aromatic nitrogens is 1. The highest BCUT2D eigenvalue weighted by Gasteiger charge is 2.16. The Morgan fingerprint density at radius 3 is 2.90 bits per heavy atom. The Bertz CT molecular complexity index is 879. The molecule has 1 aromatic carbocycles. The summed E-state index contributed by atoms with van der Waals surface area (Å²) in [5.74, 6) is 1.33. The van der Waals surface area contributed by atoms with E-state index in [1.54, 1.807) is 12.1 Å². The Morgan fingerprint density at radius 2 is 2.10 bits per heavy atom. The first-order chi connectivity index (χ1) is 14.0. The van der Waals surface area contributed by atoms with Gasteiger partial charge in [-0.1, -0.05) is 39.3 Å². The normalized spacial score (nSPS) is 18.1. The third kappa shape index (κ3) is 6.90. The zero-order chi connectivity index (χ0) is 20.6. The van der Waals surface area contributed by atoms with Crippen LogP contribution in [-0.2, 0) is 0 Å². The predicted octanol–water partition coefficient (Wildman–Crippen LogP) is 4.93. The van der Waals surface area contributed by atoms with Gasteiger partial charge in [0, 0.05) is 22.5 Å². The van der Waals surface area contributed by atoms with Crippen molar-refractivity contribution >= 4 is 56.1 Å². The van der Waals surface area contributed by atoms with Crippen molar-refractivity contribution in [1.82, 2.24) is 10.3 Å². The van der Waals surface area contributed by atoms with Gasteiger partial charge in [-0.15, -0.1) is 0 Å². The molecule has 0 saturated heterocycles. The molecule has 1 aromatic heterocycles. The highest BCUT2D eigenvalue weighted by Crippen LogP contribution is 2.32. The van der Waals surface area contributed by atoms with Crippen molar-refractivity contribution in [2.24, 2.45) is 10.7 Å². The van der Waals surface area contributed by atoms with Crippen molar-refractivity contribution in [3.8, 4) is 5.75 Å². The SMILES string of the molecule is NC1=Nc2cc(Br)ccc2OCCCC(NC(=O)c2ccc(Cl)cn2)CCCS1. The molecule has 1 amide bonds. The van der Waals surface area contributed by atoms with Crippen LogP contribution < -0.4 is 15.8 Å². The second kappa shape index (κ2) is 10.8. The van der Waals surface area contributed by atoms with Crippen LogP contribution in [0.25, 0.3) is 0 Å². The number of aliphatic imine (C=N–C) groups is 1. The summed E-state index contributed by atoms with van der Waals surface area (Å²) >= 11 is 10.8. The Kier molecular flexibility index (Phi) is 8.20. The van der Waals surface area contributed by atoms with Crippen LogP contribution in [0, 0.1) is 0 Å². The summed E-state index contributed by atoms with van der Waals surface area (Å²) in [6, 6.07) is 9.01. The molecule has 2 heterocycles. The van der Waals surface area contributed by atoms with E-state index in [4.69, 9.17) is 22.1 Å². The van der Waals surface area contributed by atoms with Crippen LogP contribution in [0.5, 0.6) is 5.75 Å². The number of amidine groups is 1. The molecule has 0 saturated carbocycles. The standard InChI is InChI=1S/C20H22BrClN4O2S/c21-13-5-8-18-17(11-13)26-20(23)29-10-2-4-15(3-1-9-28-18)25-19(27)16-7-6-14(22)12-24-16/h5-8,11-12,15H,1-4,9-10H2,(H2,23,26)(H,25,27). The van der Waals surface area contributed by atoms with E-state index >= 15 is 0 Å². The lowest BCUT2D eigenvalue weighted by molar-refractivity contribution is 0.0926. The lowest BCUT2D eigenvalue weighted by Gasteiger charge is -2.18. The number of pyridine rings is 1. The van der Waals surface area contributed by atoms with Crippen LogP contribution in [-0.4, -0.2) is 34.5 Å². The fourth-order valence-electron chi connectivity index (χ4n) is 2.93. The molecule has 0 bridgehead atoms. The monoisotopic (exact) mass is 496 g/mol. The molecule has 1 atom stereocenters. The first-order valence-corrected chi connectivity index (χ1v) is 11.5. The van der Waals surface area contributed by atoms with Crippen molar-refractivity contribution < 1.29 is 9.53 Å². The van der Waals surface area contributed by atoms with E-state index in [1.165, 1.54) is 18.0 Å². The maximum Gasteiger partial charge on any atom is 0.270 e. The number of carbonyl (C=O) groups is 1. The summed E-state index contributed by atoms with van der Waals surface area (Å²) in [6.07, 6.45) is 4.85. The summed E-state index contributed by atoms with van der Waals surface area (Å²) in [6.45, 7) is 0.531. The molecule has 0 spiro atoms. The van der Waals surface area contributed by atoms with Gasteiger partial charge in [0.2, 0.25) is 0 Å². The van der Waals surface area contributed by atoms with Crippen molar-refractivity contribution in [1.29, 1.82) is 0 Å². The number of ether oxygens (including phenoxy) is 1. The average molecular weight is 498 g/mol. The number of thioether (sulfide) groups is 1. The Morgan fingerprint density at radius 1 is 1.28 bits per heavy atom. The van der Waals surface area contributed by atoms with Gasteiger partial charge < -0.3 is 15.8 Å². The molecule has 1 unspecified atom stereocenters. The van der Waals surface area contributed by atoms with E-state index in [1.807, 2.05) is 18.2 Å². The van der Waals surface area contributed by atoms with Crippen LogP contribution in [0.15, 0.2) is 46.0 Å². The average Bonchev–Trinajstić information content (AvgIpc) is 2.70. The maximum absolute atomic E-state index is 12.5. The van der Waals surface area contributed by atoms with E-state index in [-0.39, 0.29) is 11.9 Å². The highest BCUT2D eigenvalue weighted by molar-refractivity contribution is 9.10. The number of nitrogens with two attached hydrogens (primary N) is 1. The third-order valence-electron chi connectivity index (χ3n) is 4.35. The Balaban J connectivity index is 1.66. The summed E-state index contributed by atoms with van der Waals surface area (Å²) in [5.41, 5.74) is 7.15. The molecule has 2 aromatic rings. The van der Waals surface area contributed by atoms with Gasteiger partial charge in [-0.05, 0) is 56.0 Å². The molecule has 0 aliphatic carbocycles. The number of nitrogens with zero attached hydrogens (tertiary/aromatic N) is 2. The summed E-state index contributed by atoms with van der Waals surface area (Å²) in [4.78, 5) is 21.1. The van der Waals surface area contributed by atoms with Crippen LogP contribution in [0.3, 0.4) is 0 Å². The third-order valence-corrected chi connectivity index (χ3v) is 5.94. The minimum absolute atomic E-state index is 0.0347. The molecule has 154 valence electrons. The van der Waals surface area contributed by atoms with Crippen molar-refractivity contribution in [3.05, 3.63) is 51.7 Å². The molecule has 6 nitrogen and oxygen atoms in total. The van der Waals surface area contributed by atoms with Gasteiger partial charge in [0.25, 0.3) is 5.91 Å². The number of halogens is 2. The molecule has 3 N–H and O–H groups in total. The van der Waals surface area contributed by atoms with Crippen molar-refractivity contribution in [3.63, 3.8) is 0 Å². The summed E-state index contributed by atoms with van der Waals surface area (Å²) < 4.78 is 6.84. The maximum atomic E-state index is 12.5. The number of hydrogen-bond acceptors (Lipinski definition) is 6. The van der Waals surface area contributed by atoms with Crippen LogP contribution in [0.1, 0.15) is 36.2 Å². The molecule has 1 aliphatic rings. The lowest BCUT2D eigenvalue weighted by Crippen LogP contribution is -2.35. The second-order valence-corrected chi connectivity index (χ2v) is 9.04. The van der Waals surface area contributed by atoms with Crippen molar-refractivity contribution in [2.45, 2.75) is 31.7 Å². The molecule has 3 rings (SSSR count). The minimum Gasteiger partial charge on any atom is -0.491 e. The van der Waals surface area contributed by atoms with Crippen molar-refractivity contribution in [2.75, 3.05) is 12.4 Å². The van der Waals surface area contributed by atoms with Gasteiger partial charge in [-0.25, -0.2) is 9.98 Å². The molecular formula is C20H22BrClN4O2S. The van der Waals surface area contributed by atoms with Gasteiger partial charge in [0.05, 0.1) is 11.6 Å². The van der Waals surface area contributed by atoms with E-state index in [0.717, 1.165) is 35.9 Å². The number of fused-ring (bicyclic) bond motifs is 1. The predicted molar refractivity (Wildman–Crippen MR) is 122 cm³/mol. The van der Waals surface area contributed by atoms with Gasteiger partial charge in [-0.3, -0.25) is 4.79 Å². The first-order valence-electron chi connectivity index (χ1n) is 9.33. The number of nitrogens with one attached hydrogen (secondary N) is 1. The van der Waals surface area contributed by atoms with E-state index in [2.05, 4.69) is 31.2 Å². The van der Waals surface area contributed by atoms with E-state index in [0.29, 0.717) is 33.9 Å². The zero-order valence-corrected chi connectivity index (χ0v) is 18.9. The molecule has 0 radical (unpaired) electrons. The number of benzene rings is 1. The fraction of sp³-hybridized carbons (Fsp3) is 0.350. The number of amides is 1. The molecule has 1 aliphatic heterocycles. The van der Waals surface area contributed by atoms with Gasteiger partial charge in [0.1, 0.15) is 17.1 Å². The van der Waals surface area contributed by atoms with Gasteiger partial charge >= 0.3 is 0 Å². The quantitative estimate of drug-likeness (QED) is 0.614. The van der Waals surface area contributed by atoms with E-state index < -0.39 is 0 Å². The minimum atomic E-state index is -0.194. The molecule has 29 heavy (non-hydrogen) atoms. The molecule has 0 fully saturated rings. The number of hydrogen-bond donors (Lipinski definition) is 2. The number of rotatable bonds is 2. The first kappa shape index (κ1) is 21.9. The zero-order valence-electron chi connectivity index (χ0n) is 15.7. The topological polar surface area (TPSA) is 89.6 Å². The van der Waals surface area contributed by atoms with Crippen LogP contribution in [0.2, 0.25) is 5.02 Å². The molecular weight excluding hydrogens is 476 g/mol. The van der Waals surface area contributed by atoms with Crippen LogP contribution >= 0.6 is 39.3 Å².